The van der Waals surface area contributed by atoms with E-state index in [0.29, 0.717) is 0 Å². The second-order valence-electron chi connectivity index (χ2n) is 4.17. The summed E-state index contributed by atoms with van der Waals surface area (Å²) in [7, 11) is 2.58. The maximum absolute atomic E-state index is 5.40. The van der Waals surface area contributed by atoms with E-state index in [-0.39, 0.29) is 0 Å². The quantitative estimate of drug-likeness (QED) is 0.703. The first-order valence-electron chi connectivity index (χ1n) is 5.86. The highest BCUT2D eigenvalue weighted by molar-refractivity contribution is 6.60. The van der Waals surface area contributed by atoms with E-state index in [0.717, 1.165) is 19.0 Å². The van der Waals surface area contributed by atoms with E-state index in [2.05, 4.69) is 30.5 Å². The first-order valence-corrected chi connectivity index (χ1v) is 7.80. The van der Waals surface area contributed by atoms with Gasteiger partial charge < -0.3 is 17.8 Å². The SMILES string of the molecule is CO[Si](CCCn1c(C)ccc1C)(OC)OC. The van der Waals surface area contributed by atoms with Gasteiger partial charge in [0, 0.05) is 45.3 Å². The fraction of sp³-hybridized carbons (Fsp3) is 0.667. The van der Waals surface area contributed by atoms with Crippen molar-refractivity contribution in [1.29, 1.82) is 0 Å². The van der Waals surface area contributed by atoms with Gasteiger partial charge in [-0.05, 0) is 32.4 Å². The standard InChI is InChI=1S/C12H23NO3Si/c1-11-7-8-12(2)13(11)9-6-10-17(14-3,15-4)16-5/h7-8H,6,9-10H2,1-5H3. The van der Waals surface area contributed by atoms with Crippen molar-refractivity contribution < 1.29 is 13.3 Å². The Hall–Kier alpha value is -0.623. The van der Waals surface area contributed by atoms with E-state index in [4.69, 9.17) is 13.3 Å². The average molecular weight is 257 g/mol. The Morgan fingerprint density at radius 2 is 1.47 bits per heavy atom. The van der Waals surface area contributed by atoms with Crippen molar-refractivity contribution in [3.63, 3.8) is 0 Å². The Kier molecular flexibility index (Phi) is 5.39. The van der Waals surface area contributed by atoms with Gasteiger partial charge in [-0.15, -0.1) is 0 Å². The monoisotopic (exact) mass is 257 g/mol. The number of hydrogen-bond acceptors (Lipinski definition) is 3. The van der Waals surface area contributed by atoms with Crippen LogP contribution in [0.2, 0.25) is 6.04 Å². The molecule has 0 aromatic carbocycles. The van der Waals surface area contributed by atoms with Crippen molar-refractivity contribution in [2.45, 2.75) is 32.9 Å². The van der Waals surface area contributed by atoms with Crippen molar-refractivity contribution in [1.82, 2.24) is 4.57 Å². The second-order valence-corrected chi connectivity index (χ2v) is 7.26. The van der Waals surface area contributed by atoms with Gasteiger partial charge >= 0.3 is 8.80 Å². The smallest absolute Gasteiger partial charge is 0.377 e. The van der Waals surface area contributed by atoms with Crippen LogP contribution in [-0.4, -0.2) is 34.7 Å². The van der Waals surface area contributed by atoms with Gasteiger partial charge in [0.25, 0.3) is 0 Å². The van der Waals surface area contributed by atoms with Crippen LogP contribution in [0.25, 0.3) is 0 Å². The fourth-order valence-electron chi connectivity index (χ4n) is 2.06. The third kappa shape index (κ3) is 3.42. The van der Waals surface area contributed by atoms with Gasteiger partial charge in [0.2, 0.25) is 0 Å². The number of hydrogen-bond donors (Lipinski definition) is 0. The van der Waals surface area contributed by atoms with Crippen LogP contribution in [0.15, 0.2) is 12.1 Å². The largest absolute Gasteiger partial charge is 0.500 e. The summed E-state index contributed by atoms with van der Waals surface area (Å²) < 4.78 is 18.5. The summed E-state index contributed by atoms with van der Waals surface area (Å²) in [5.74, 6) is 0. The maximum atomic E-state index is 5.40. The lowest BCUT2D eigenvalue weighted by Crippen LogP contribution is -2.42. The van der Waals surface area contributed by atoms with E-state index in [9.17, 15) is 0 Å². The van der Waals surface area contributed by atoms with E-state index in [1.165, 1.54) is 11.4 Å². The molecule has 0 N–H and O–H groups in total. The lowest BCUT2D eigenvalue weighted by Gasteiger charge is -2.24. The topological polar surface area (TPSA) is 32.6 Å². The molecule has 4 nitrogen and oxygen atoms in total. The minimum absolute atomic E-state index is 0.841. The highest BCUT2D eigenvalue weighted by Crippen LogP contribution is 2.17. The molecule has 0 atom stereocenters. The first-order chi connectivity index (χ1) is 8.08. The summed E-state index contributed by atoms with van der Waals surface area (Å²) in [6.45, 7) is 5.23. The summed E-state index contributed by atoms with van der Waals surface area (Å²) in [5, 5.41) is 0. The van der Waals surface area contributed by atoms with Crippen LogP contribution in [-0.2, 0) is 19.8 Å². The Bertz CT molecular complexity index is 320. The molecule has 0 aliphatic heterocycles. The first kappa shape index (κ1) is 14.4. The maximum Gasteiger partial charge on any atom is 0.500 e. The van der Waals surface area contributed by atoms with Crippen LogP contribution in [0, 0.1) is 13.8 Å². The number of nitrogens with zero attached hydrogens (tertiary/aromatic N) is 1. The lowest BCUT2D eigenvalue weighted by molar-refractivity contribution is 0.122. The number of rotatable bonds is 7. The molecule has 98 valence electrons. The molecule has 0 saturated heterocycles. The van der Waals surface area contributed by atoms with Crippen LogP contribution in [0.4, 0.5) is 0 Å². The highest BCUT2D eigenvalue weighted by Gasteiger charge is 2.36. The van der Waals surface area contributed by atoms with E-state index in [1.807, 2.05) is 0 Å². The molecule has 0 unspecified atom stereocenters. The molecule has 0 aliphatic rings. The van der Waals surface area contributed by atoms with Gasteiger partial charge in [0.05, 0.1) is 0 Å². The molecule has 0 radical (unpaired) electrons. The van der Waals surface area contributed by atoms with E-state index in [1.54, 1.807) is 21.3 Å². The predicted octanol–water partition coefficient (Wildman–Crippen LogP) is 2.37. The molecule has 1 heterocycles. The zero-order valence-electron chi connectivity index (χ0n) is 11.4. The average Bonchev–Trinajstić information content (AvgIpc) is 2.66. The van der Waals surface area contributed by atoms with Gasteiger partial charge in [-0.1, -0.05) is 0 Å². The zero-order chi connectivity index (χ0) is 12.9. The molecule has 0 saturated carbocycles. The van der Waals surface area contributed by atoms with Gasteiger partial charge in [-0.25, -0.2) is 0 Å². The summed E-state index contributed by atoms with van der Waals surface area (Å²) >= 11 is 0. The normalized spacial score (nSPS) is 12.1. The Balaban J connectivity index is 2.52. The van der Waals surface area contributed by atoms with Gasteiger partial charge in [-0.3, -0.25) is 0 Å². The number of aromatic nitrogens is 1. The summed E-state index contributed by atoms with van der Waals surface area (Å²) in [4.78, 5) is 0. The third-order valence-corrected chi connectivity index (χ3v) is 6.05. The highest BCUT2D eigenvalue weighted by atomic mass is 28.4. The third-order valence-electron chi connectivity index (χ3n) is 3.21. The van der Waals surface area contributed by atoms with Crippen molar-refractivity contribution in [3.8, 4) is 0 Å². The second kappa shape index (κ2) is 6.35. The molecule has 1 aromatic heterocycles. The van der Waals surface area contributed by atoms with Gasteiger partial charge in [0.15, 0.2) is 0 Å². The summed E-state index contributed by atoms with van der Waals surface area (Å²) in [6, 6.07) is 5.12. The summed E-state index contributed by atoms with van der Waals surface area (Å²) in [5.41, 5.74) is 2.59. The van der Waals surface area contributed by atoms with Crippen molar-refractivity contribution in [3.05, 3.63) is 23.5 Å². The van der Waals surface area contributed by atoms with Crippen LogP contribution in [0.3, 0.4) is 0 Å². The molecule has 0 amide bonds. The van der Waals surface area contributed by atoms with Crippen LogP contribution < -0.4 is 0 Å². The summed E-state index contributed by atoms with van der Waals surface area (Å²) in [6.07, 6.45) is 0.998. The molecule has 17 heavy (non-hydrogen) atoms. The number of aryl methyl sites for hydroxylation is 2. The van der Waals surface area contributed by atoms with Crippen molar-refractivity contribution >= 4 is 8.80 Å². The van der Waals surface area contributed by atoms with Crippen LogP contribution >= 0.6 is 0 Å². The lowest BCUT2D eigenvalue weighted by atomic mass is 10.4. The molecule has 5 heteroatoms. The minimum atomic E-state index is -2.40. The molecule has 0 aliphatic carbocycles. The van der Waals surface area contributed by atoms with Gasteiger partial charge in [0.1, 0.15) is 0 Å². The molecular formula is C12H23NO3Si. The van der Waals surface area contributed by atoms with Crippen molar-refractivity contribution in [2.24, 2.45) is 0 Å². The molecule has 0 fully saturated rings. The van der Waals surface area contributed by atoms with E-state index < -0.39 is 8.80 Å². The Labute approximate surface area is 105 Å². The predicted molar refractivity (Wildman–Crippen MR) is 70.1 cm³/mol. The molecule has 1 aromatic rings. The van der Waals surface area contributed by atoms with Crippen LogP contribution in [0.5, 0.6) is 0 Å². The minimum Gasteiger partial charge on any atom is -0.377 e. The Morgan fingerprint density at radius 1 is 1.00 bits per heavy atom. The molecule has 1 rings (SSSR count). The molecular weight excluding hydrogens is 234 g/mol. The Morgan fingerprint density at radius 3 is 1.88 bits per heavy atom. The van der Waals surface area contributed by atoms with E-state index >= 15 is 0 Å². The molecule has 0 bridgehead atoms. The zero-order valence-corrected chi connectivity index (χ0v) is 12.4. The molecule has 0 spiro atoms. The fourth-order valence-corrected chi connectivity index (χ4v) is 3.77. The van der Waals surface area contributed by atoms with Crippen molar-refractivity contribution in [2.75, 3.05) is 21.3 Å². The van der Waals surface area contributed by atoms with Gasteiger partial charge in [-0.2, -0.15) is 0 Å². The van der Waals surface area contributed by atoms with Crippen LogP contribution in [0.1, 0.15) is 17.8 Å².